The largest absolute Gasteiger partial charge is 0.508 e. The quantitative estimate of drug-likeness (QED) is 0.157. The number of nitrogens with zero attached hydrogens (tertiary/aromatic N) is 3. The molecule has 230 valence electrons. The predicted octanol–water partition coefficient (Wildman–Crippen LogP) is 7.46. The minimum Gasteiger partial charge on any atom is -0.508 e. The van der Waals surface area contributed by atoms with Crippen LogP contribution in [0.25, 0.3) is 11.1 Å². The van der Waals surface area contributed by atoms with Gasteiger partial charge in [-0.15, -0.1) is 0 Å². The highest BCUT2D eigenvalue weighted by Crippen LogP contribution is 2.34. The number of phenolic OH excluding ortho intramolecular Hbond substituents is 1. The molecule has 0 saturated heterocycles. The molecule has 7 nitrogen and oxygen atoms in total. The van der Waals surface area contributed by atoms with Crippen molar-refractivity contribution in [2.75, 3.05) is 11.4 Å². The molecular weight excluding hydrogens is 596 g/mol. The standard InChI is InChI=1S/C38H33ClN4O3/c39-31-17-20-35-33(23-31)36(29-15-18-32(44)19-16-29)42-34(10-4-5-22-41-37(45)30-9-6-21-40-24-30)38(46)43(35)25-26-11-13-28(14-12-26)27-7-2-1-3-8-27/h1-3,6-9,11-21,23-24,34,44H,4-5,10,22,25H2,(H,41,45). The minimum atomic E-state index is -0.660. The fourth-order valence-corrected chi connectivity index (χ4v) is 5.76. The first-order valence-corrected chi connectivity index (χ1v) is 15.6. The van der Waals surface area contributed by atoms with E-state index >= 15 is 0 Å². The number of pyridine rings is 1. The SMILES string of the molecule is O=C(NCCCCC1N=C(c2ccc(O)cc2)c2cc(Cl)ccc2N(Cc2ccc(-c3ccccc3)cc2)C1=O)c1cccnc1. The Morgan fingerprint density at radius 1 is 0.848 bits per heavy atom. The highest BCUT2D eigenvalue weighted by molar-refractivity contribution is 6.32. The molecule has 46 heavy (non-hydrogen) atoms. The van der Waals surface area contributed by atoms with Gasteiger partial charge in [0.1, 0.15) is 11.8 Å². The molecule has 1 aliphatic rings. The molecule has 1 unspecified atom stereocenters. The lowest BCUT2D eigenvalue weighted by Crippen LogP contribution is -2.37. The third kappa shape index (κ3) is 7.16. The van der Waals surface area contributed by atoms with Crippen molar-refractivity contribution in [3.63, 3.8) is 0 Å². The van der Waals surface area contributed by atoms with Crippen molar-refractivity contribution in [3.05, 3.63) is 149 Å². The lowest BCUT2D eigenvalue weighted by molar-refractivity contribution is -0.120. The zero-order chi connectivity index (χ0) is 31.9. The Kier molecular flexibility index (Phi) is 9.51. The smallest absolute Gasteiger partial charge is 0.252 e. The number of benzodiazepines with no additional fused rings is 1. The van der Waals surface area contributed by atoms with Crippen molar-refractivity contribution in [2.45, 2.75) is 31.8 Å². The molecule has 1 aliphatic heterocycles. The summed E-state index contributed by atoms with van der Waals surface area (Å²) in [6.45, 7) is 0.828. The van der Waals surface area contributed by atoms with Gasteiger partial charge in [0.2, 0.25) is 0 Å². The Balaban J connectivity index is 1.27. The van der Waals surface area contributed by atoms with Crippen molar-refractivity contribution in [1.82, 2.24) is 10.3 Å². The Morgan fingerprint density at radius 3 is 2.33 bits per heavy atom. The number of hydrogen-bond donors (Lipinski definition) is 2. The number of benzene rings is 4. The first-order chi connectivity index (χ1) is 22.5. The summed E-state index contributed by atoms with van der Waals surface area (Å²) in [6.07, 6.45) is 5.01. The molecule has 1 atom stereocenters. The van der Waals surface area contributed by atoms with Crippen molar-refractivity contribution < 1.29 is 14.7 Å². The predicted molar refractivity (Wildman–Crippen MR) is 182 cm³/mol. The number of hydrogen-bond acceptors (Lipinski definition) is 5. The number of amides is 2. The van der Waals surface area contributed by atoms with E-state index in [0.29, 0.717) is 48.6 Å². The number of carbonyl (C=O) groups is 2. The molecule has 0 spiro atoms. The van der Waals surface area contributed by atoms with Gasteiger partial charge in [-0.05, 0) is 90.6 Å². The summed E-state index contributed by atoms with van der Waals surface area (Å²) in [4.78, 5) is 37.6. The molecule has 0 aliphatic carbocycles. The topological polar surface area (TPSA) is 94.9 Å². The summed E-state index contributed by atoms with van der Waals surface area (Å²) in [5, 5.41) is 13.4. The van der Waals surface area contributed by atoms with Gasteiger partial charge in [-0.25, -0.2) is 0 Å². The van der Waals surface area contributed by atoms with Crippen LogP contribution in [-0.2, 0) is 11.3 Å². The highest BCUT2D eigenvalue weighted by Gasteiger charge is 2.32. The van der Waals surface area contributed by atoms with Crippen molar-refractivity contribution >= 4 is 34.8 Å². The number of aromatic nitrogens is 1. The van der Waals surface area contributed by atoms with Crippen LogP contribution >= 0.6 is 11.6 Å². The molecule has 0 bridgehead atoms. The minimum absolute atomic E-state index is 0.108. The number of unbranched alkanes of at least 4 members (excludes halogenated alkanes) is 1. The number of halogens is 1. The Bertz CT molecular complexity index is 1840. The fraction of sp³-hybridized carbons (Fsp3) is 0.158. The summed E-state index contributed by atoms with van der Waals surface area (Å²) >= 11 is 6.52. The molecule has 0 radical (unpaired) electrons. The fourth-order valence-electron chi connectivity index (χ4n) is 5.59. The molecule has 2 amide bonds. The summed E-state index contributed by atoms with van der Waals surface area (Å²) in [6, 6.07) is 33.6. The van der Waals surface area contributed by atoms with Gasteiger partial charge >= 0.3 is 0 Å². The number of phenols is 1. The van der Waals surface area contributed by atoms with E-state index in [1.807, 2.05) is 30.3 Å². The third-order valence-electron chi connectivity index (χ3n) is 8.00. The average molecular weight is 629 g/mol. The van der Waals surface area contributed by atoms with Crippen LogP contribution in [0.15, 0.2) is 127 Å². The Labute approximate surface area is 273 Å². The van der Waals surface area contributed by atoms with E-state index in [1.54, 1.807) is 53.6 Å². The van der Waals surface area contributed by atoms with Crippen LogP contribution in [0.2, 0.25) is 5.02 Å². The third-order valence-corrected chi connectivity index (χ3v) is 8.23. The van der Waals surface area contributed by atoms with Crippen molar-refractivity contribution in [2.24, 2.45) is 4.99 Å². The number of carbonyl (C=O) groups excluding carboxylic acids is 2. The summed E-state index contributed by atoms with van der Waals surface area (Å²) < 4.78 is 0. The van der Waals surface area contributed by atoms with E-state index < -0.39 is 6.04 Å². The second kappa shape index (κ2) is 14.2. The maximum absolute atomic E-state index is 14.3. The van der Waals surface area contributed by atoms with Gasteiger partial charge in [0.15, 0.2) is 0 Å². The average Bonchev–Trinajstić information content (AvgIpc) is 3.20. The Hall–Kier alpha value is -5.27. The number of nitrogens with one attached hydrogen (secondary N) is 1. The maximum atomic E-state index is 14.3. The van der Waals surface area contributed by atoms with Gasteiger partial charge in [0, 0.05) is 35.1 Å². The molecule has 2 heterocycles. The number of anilines is 1. The molecule has 1 aromatic heterocycles. The summed E-state index contributed by atoms with van der Waals surface area (Å²) in [5.41, 5.74) is 6.61. The molecular formula is C38H33ClN4O3. The second-order valence-corrected chi connectivity index (χ2v) is 11.6. The van der Waals surface area contributed by atoms with E-state index in [4.69, 9.17) is 16.6 Å². The molecule has 2 N–H and O–H groups in total. The van der Waals surface area contributed by atoms with Crippen LogP contribution in [0.3, 0.4) is 0 Å². The number of aromatic hydroxyl groups is 1. The van der Waals surface area contributed by atoms with Crippen LogP contribution in [0.5, 0.6) is 5.75 Å². The number of rotatable bonds is 10. The van der Waals surface area contributed by atoms with E-state index in [9.17, 15) is 14.7 Å². The van der Waals surface area contributed by atoms with E-state index in [2.05, 4.69) is 46.7 Å². The van der Waals surface area contributed by atoms with E-state index in [1.165, 1.54) is 6.20 Å². The molecule has 5 aromatic rings. The van der Waals surface area contributed by atoms with Gasteiger partial charge in [0.25, 0.3) is 11.8 Å². The number of aliphatic imine (C=N–C) groups is 1. The van der Waals surface area contributed by atoms with Gasteiger partial charge in [-0.3, -0.25) is 19.6 Å². The van der Waals surface area contributed by atoms with Gasteiger partial charge in [-0.1, -0.05) is 66.2 Å². The lowest BCUT2D eigenvalue weighted by atomic mass is 9.99. The lowest BCUT2D eigenvalue weighted by Gasteiger charge is -2.26. The van der Waals surface area contributed by atoms with Crippen LogP contribution in [-0.4, -0.2) is 40.2 Å². The van der Waals surface area contributed by atoms with E-state index in [-0.39, 0.29) is 17.6 Å². The van der Waals surface area contributed by atoms with Crippen LogP contribution in [0.1, 0.15) is 46.3 Å². The Morgan fingerprint density at radius 2 is 1.59 bits per heavy atom. The van der Waals surface area contributed by atoms with E-state index in [0.717, 1.165) is 33.5 Å². The van der Waals surface area contributed by atoms with Crippen molar-refractivity contribution in [3.8, 4) is 16.9 Å². The number of fused-ring (bicyclic) bond motifs is 1. The monoisotopic (exact) mass is 628 g/mol. The molecule has 0 saturated carbocycles. The second-order valence-electron chi connectivity index (χ2n) is 11.2. The van der Waals surface area contributed by atoms with Crippen LogP contribution < -0.4 is 10.2 Å². The molecule has 6 rings (SSSR count). The molecule has 8 heteroatoms. The van der Waals surface area contributed by atoms with Gasteiger partial charge in [-0.2, -0.15) is 0 Å². The van der Waals surface area contributed by atoms with Gasteiger partial charge < -0.3 is 15.3 Å². The maximum Gasteiger partial charge on any atom is 0.252 e. The zero-order valence-corrected chi connectivity index (χ0v) is 25.9. The normalized spacial score (nSPS) is 14.3. The molecule has 4 aromatic carbocycles. The first kappa shape index (κ1) is 30.7. The molecule has 0 fully saturated rings. The highest BCUT2D eigenvalue weighted by atomic mass is 35.5. The first-order valence-electron chi connectivity index (χ1n) is 15.3. The van der Waals surface area contributed by atoms with Gasteiger partial charge in [0.05, 0.1) is 23.5 Å². The summed E-state index contributed by atoms with van der Waals surface area (Å²) in [5.74, 6) is -0.141. The van der Waals surface area contributed by atoms with Crippen LogP contribution in [0, 0.1) is 0 Å². The zero-order valence-electron chi connectivity index (χ0n) is 25.1. The van der Waals surface area contributed by atoms with Crippen LogP contribution in [0.4, 0.5) is 5.69 Å². The summed E-state index contributed by atoms with van der Waals surface area (Å²) in [7, 11) is 0. The van der Waals surface area contributed by atoms with Crippen molar-refractivity contribution in [1.29, 1.82) is 0 Å².